The predicted molar refractivity (Wildman–Crippen MR) is 86.6 cm³/mol. The highest BCUT2D eigenvalue weighted by Gasteiger charge is 2.19. The van der Waals surface area contributed by atoms with Crippen LogP contribution in [0.2, 0.25) is 0 Å². The highest BCUT2D eigenvalue weighted by Crippen LogP contribution is 2.24. The van der Waals surface area contributed by atoms with Crippen LogP contribution in [0.25, 0.3) is 0 Å². The van der Waals surface area contributed by atoms with Gasteiger partial charge in [-0.25, -0.2) is 0 Å². The van der Waals surface area contributed by atoms with Crippen molar-refractivity contribution in [3.63, 3.8) is 0 Å². The van der Waals surface area contributed by atoms with Crippen molar-refractivity contribution in [2.75, 3.05) is 26.2 Å². The summed E-state index contributed by atoms with van der Waals surface area (Å²) in [6, 6.07) is 8.38. The molecule has 1 aliphatic heterocycles. The number of β-amino-alcohol motifs (C(OH)–C–C–N with tert-alkyl or cyclic N) is 1. The zero-order valence-corrected chi connectivity index (χ0v) is 13.8. The van der Waals surface area contributed by atoms with Crippen molar-refractivity contribution in [2.45, 2.75) is 51.7 Å². The average Bonchev–Trinajstić information content (AvgIpc) is 2.62. The van der Waals surface area contributed by atoms with E-state index in [1.54, 1.807) is 0 Å². The summed E-state index contributed by atoms with van der Waals surface area (Å²) >= 11 is 0. The first kappa shape index (κ1) is 16.5. The molecule has 3 nitrogen and oxygen atoms in total. The van der Waals surface area contributed by atoms with E-state index in [9.17, 15) is 5.11 Å². The number of rotatable bonds is 3. The van der Waals surface area contributed by atoms with Crippen LogP contribution >= 0.6 is 0 Å². The largest absolute Gasteiger partial charge is 0.387 e. The lowest BCUT2D eigenvalue weighted by Gasteiger charge is -2.25. The molecule has 2 atom stereocenters. The van der Waals surface area contributed by atoms with Crippen LogP contribution < -0.4 is 0 Å². The molecule has 1 saturated heterocycles. The summed E-state index contributed by atoms with van der Waals surface area (Å²) in [5.41, 5.74) is 2.46. The Morgan fingerprint density at radius 2 is 1.95 bits per heavy atom. The van der Waals surface area contributed by atoms with Gasteiger partial charge in [-0.3, -0.25) is 4.90 Å². The smallest absolute Gasteiger partial charge is 0.0916 e. The highest BCUT2D eigenvalue weighted by molar-refractivity contribution is 5.28. The average molecular weight is 291 g/mol. The van der Waals surface area contributed by atoms with Crippen molar-refractivity contribution in [3.05, 3.63) is 35.4 Å². The summed E-state index contributed by atoms with van der Waals surface area (Å²) in [4.78, 5) is 2.31. The predicted octanol–water partition coefficient (Wildman–Crippen LogP) is 3.13. The van der Waals surface area contributed by atoms with Crippen LogP contribution in [0.3, 0.4) is 0 Å². The summed E-state index contributed by atoms with van der Waals surface area (Å²) in [5, 5.41) is 10.5. The normalized spacial score (nSPS) is 22.8. The van der Waals surface area contributed by atoms with Crippen LogP contribution in [0.5, 0.6) is 0 Å². The van der Waals surface area contributed by atoms with Crippen LogP contribution in [0, 0.1) is 0 Å². The van der Waals surface area contributed by atoms with Gasteiger partial charge in [-0.15, -0.1) is 0 Å². The second-order valence-electron chi connectivity index (χ2n) is 7.18. The number of ether oxygens (including phenoxy) is 1. The summed E-state index contributed by atoms with van der Waals surface area (Å²) < 4.78 is 5.65. The van der Waals surface area contributed by atoms with E-state index in [-0.39, 0.29) is 11.5 Å². The number of aliphatic hydroxyl groups excluding tert-OH is 1. The minimum atomic E-state index is -0.427. The Morgan fingerprint density at radius 1 is 1.29 bits per heavy atom. The van der Waals surface area contributed by atoms with Crippen LogP contribution in [0.4, 0.5) is 0 Å². The maximum Gasteiger partial charge on any atom is 0.0916 e. The number of hydrogen-bond donors (Lipinski definition) is 1. The Hall–Kier alpha value is -0.900. The van der Waals surface area contributed by atoms with Gasteiger partial charge in [-0.1, -0.05) is 45.0 Å². The quantitative estimate of drug-likeness (QED) is 0.928. The fourth-order valence-corrected chi connectivity index (χ4v) is 2.80. The Bertz CT molecular complexity index is 436. The molecule has 1 N–H and O–H groups in total. The summed E-state index contributed by atoms with van der Waals surface area (Å²) in [5.74, 6) is 0. The molecular weight excluding hydrogens is 262 g/mol. The number of hydrogen-bond acceptors (Lipinski definition) is 3. The Labute approximate surface area is 128 Å². The van der Waals surface area contributed by atoms with Crippen LogP contribution in [0.1, 0.15) is 51.3 Å². The lowest BCUT2D eigenvalue weighted by molar-refractivity contribution is 0.0562. The molecule has 0 aliphatic carbocycles. The first-order valence-electron chi connectivity index (χ1n) is 7.99. The molecule has 1 aliphatic rings. The van der Waals surface area contributed by atoms with Gasteiger partial charge < -0.3 is 9.84 Å². The summed E-state index contributed by atoms with van der Waals surface area (Å²) in [6.45, 7) is 12.1. The molecule has 21 heavy (non-hydrogen) atoms. The van der Waals surface area contributed by atoms with Crippen molar-refractivity contribution < 1.29 is 9.84 Å². The maximum atomic E-state index is 10.5. The topological polar surface area (TPSA) is 32.7 Å². The van der Waals surface area contributed by atoms with Gasteiger partial charge in [0.05, 0.1) is 12.2 Å². The zero-order chi connectivity index (χ0) is 15.5. The Balaban J connectivity index is 1.97. The van der Waals surface area contributed by atoms with E-state index < -0.39 is 6.10 Å². The molecule has 3 heteroatoms. The number of benzene rings is 1. The van der Waals surface area contributed by atoms with E-state index in [2.05, 4.69) is 56.9 Å². The Kier molecular flexibility index (Phi) is 5.42. The van der Waals surface area contributed by atoms with Gasteiger partial charge in [-0.05, 0) is 29.9 Å². The van der Waals surface area contributed by atoms with Gasteiger partial charge >= 0.3 is 0 Å². The number of nitrogens with zero attached hydrogens (tertiary/aromatic N) is 1. The molecule has 2 rings (SSSR count). The molecule has 1 aromatic carbocycles. The Morgan fingerprint density at radius 3 is 2.57 bits per heavy atom. The first-order valence-corrected chi connectivity index (χ1v) is 7.99. The third-order valence-electron chi connectivity index (χ3n) is 4.13. The van der Waals surface area contributed by atoms with Gasteiger partial charge in [-0.2, -0.15) is 0 Å². The van der Waals surface area contributed by atoms with E-state index >= 15 is 0 Å². The zero-order valence-electron chi connectivity index (χ0n) is 13.8. The minimum Gasteiger partial charge on any atom is -0.387 e. The molecule has 0 spiro atoms. The van der Waals surface area contributed by atoms with Gasteiger partial charge in [0.25, 0.3) is 0 Å². The van der Waals surface area contributed by atoms with Gasteiger partial charge in [0.1, 0.15) is 0 Å². The molecule has 2 unspecified atom stereocenters. The molecule has 0 radical (unpaired) electrons. The molecule has 1 aromatic rings. The van der Waals surface area contributed by atoms with Crippen LogP contribution in [0.15, 0.2) is 24.3 Å². The van der Waals surface area contributed by atoms with Crippen LogP contribution in [-0.4, -0.2) is 42.4 Å². The molecule has 0 bridgehead atoms. The van der Waals surface area contributed by atoms with E-state index in [0.29, 0.717) is 6.54 Å². The monoisotopic (exact) mass is 291 g/mol. The van der Waals surface area contributed by atoms with Crippen molar-refractivity contribution in [1.82, 2.24) is 4.90 Å². The first-order chi connectivity index (χ1) is 9.86. The van der Waals surface area contributed by atoms with E-state index in [1.807, 2.05) is 0 Å². The second kappa shape index (κ2) is 6.91. The van der Waals surface area contributed by atoms with Crippen molar-refractivity contribution in [1.29, 1.82) is 0 Å². The molecule has 1 fully saturated rings. The number of aliphatic hydroxyl groups is 1. The minimum absolute atomic E-state index is 0.154. The lowest BCUT2D eigenvalue weighted by atomic mass is 9.86. The molecule has 0 saturated carbocycles. The highest BCUT2D eigenvalue weighted by atomic mass is 16.5. The summed E-state index contributed by atoms with van der Waals surface area (Å²) in [6.07, 6.45) is 0.868. The standard InChI is InChI=1S/C18H29NO2/c1-14-12-19(10-5-11-21-14)13-17(20)15-6-8-16(9-7-15)18(2,3)4/h6-9,14,17,20H,5,10-13H2,1-4H3. The van der Waals surface area contributed by atoms with Crippen molar-refractivity contribution >= 4 is 0 Å². The SMILES string of the molecule is CC1CN(CC(O)c2ccc(C(C)(C)C)cc2)CCCO1. The molecule has 118 valence electrons. The molecule has 0 amide bonds. The molecular formula is C18H29NO2. The molecule has 0 aromatic heterocycles. The second-order valence-corrected chi connectivity index (χ2v) is 7.18. The van der Waals surface area contributed by atoms with E-state index in [4.69, 9.17) is 4.74 Å². The van der Waals surface area contributed by atoms with E-state index in [0.717, 1.165) is 31.7 Å². The van der Waals surface area contributed by atoms with Crippen molar-refractivity contribution in [3.8, 4) is 0 Å². The van der Waals surface area contributed by atoms with Gasteiger partial charge in [0.15, 0.2) is 0 Å². The van der Waals surface area contributed by atoms with Crippen molar-refractivity contribution in [2.24, 2.45) is 0 Å². The van der Waals surface area contributed by atoms with E-state index in [1.165, 1.54) is 5.56 Å². The summed E-state index contributed by atoms with van der Waals surface area (Å²) in [7, 11) is 0. The molecule has 1 heterocycles. The fraction of sp³-hybridized carbons (Fsp3) is 0.667. The van der Waals surface area contributed by atoms with Crippen LogP contribution in [-0.2, 0) is 10.2 Å². The lowest BCUT2D eigenvalue weighted by Crippen LogP contribution is -2.33. The van der Waals surface area contributed by atoms with Gasteiger partial charge in [0, 0.05) is 26.2 Å². The third kappa shape index (κ3) is 4.80. The van der Waals surface area contributed by atoms with Gasteiger partial charge in [0.2, 0.25) is 0 Å². The maximum absolute atomic E-state index is 10.5. The third-order valence-corrected chi connectivity index (χ3v) is 4.13. The fourth-order valence-electron chi connectivity index (χ4n) is 2.80.